The molecule has 0 radical (unpaired) electrons. The monoisotopic (exact) mass is 281 g/mol. The van der Waals surface area contributed by atoms with E-state index in [2.05, 4.69) is 0 Å². The fourth-order valence-electron chi connectivity index (χ4n) is 2.54. The zero-order chi connectivity index (χ0) is 14.2. The molecule has 1 fully saturated rings. The molecule has 0 bridgehead atoms. The predicted octanol–water partition coefficient (Wildman–Crippen LogP) is 1.56. The van der Waals surface area contributed by atoms with Crippen LogP contribution in [0, 0.1) is 13.8 Å². The van der Waals surface area contributed by atoms with Crippen molar-refractivity contribution in [1.82, 2.24) is 4.90 Å². The SMILES string of the molecule is Cc1cc(C)cc(C(=O)N2CCC(S(C)(=O)=O)C2)c1. The van der Waals surface area contributed by atoms with E-state index in [1.807, 2.05) is 32.0 Å². The zero-order valence-electron chi connectivity index (χ0n) is 11.5. The molecule has 2 rings (SSSR count). The third-order valence-corrected chi connectivity index (χ3v) is 5.10. The lowest BCUT2D eigenvalue weighted by molar-refractivity contribution is 0.0793. The molecule has 0 saturated carbocycles. The van der Waals surface area contributed by atoms with Crippen molar-refractivity contribution >= 4 is 15.7 Å². The molecule has 1 aliphatic heterocycles. The van der Waals surface area contributed by atoms with E-state index in [9.17, 15) is 13.2 Å². The van der Waals surface area contributed by atoms with Crippen LogP contribution >= 0.6 is 0 Å². The summed E-state index contributed by atoms with van der Waals surface area (Å²) in [6.45, 7) is 4.73. The van der Waals surface area contributed by atoms with Crippen LogP contribution in [0.5, 0.6) is 0 Å². The summed E-state index contributed by atoms with van der Waals surface area (Å²) in [6.07, 6.45) is 1.78. The molecule has 1 aromatic rings. The number of rotatable bonds is 2. The summed E-state index contributed by atoms with van der Waals surface area (Å²) in [6, 6.07) is 5.71. The van der Waals surface area contributed by atoms with Gasteiger partial charge < -0.3 is 4.90 Å². The van der Waals surface area contributed by atoms with Crippen molar-refractivity contribution in [3.63, 3.8) is 0 Å². The average molecular weight is 281 g/mol. The average Bonchev–Trinajstić information content (AvgIpc) is 2.75. The van der Waals surface area contributed by atoms with Crippen LogP contribution in [-0.4, -0.2) is 43.8 Å². The maximum atomic E-state index is 12.4. The van der Waals surface area contributed by atoms with Crippen molar-refractivity contribution < 1.29 is 13.2 Å². The van der Waals surface area contributed by atoms with E-state index in [1.165, 1.54) is 6.26 Å². The second kappa shape index (κ2) is 4.96. The van der Waals surface area contributed by atoms with Crippen molar-refractivity contribution in [3.05, 3.63) is 34.9 Å². The van der Waals surface area contributed by atoms with Gasteiger partial charge in [-0.15, -0.1) is 0 Å². The first-order valence-corrected chi connectivity index (χ1v) is 8.29. The normalized spacial score (nSPS) is 19.7. The Balaban J connectivity index is 2.18. The van der Waals surface area contributed by atoms with Crippen molar-refractivity contribution in [3.8, 4) is 0 Å². The zero-order valence-corrected chi connectivity index (χ0v) is 12.3. The van der Waals surface area contributed by atoms with Gasteiger partial charge in [-0.05, 0) is 32.4 Å². The molecule has 5 heteroatoms. The van der Waals surface area contributed by atoms with Crippen LogP contribution in [0.4, 0.5) is 0 Å². The third-order valence-electron chi connectivity index (χ3n) is 3.51. The van der Waals surface area contributed by atoms with Crippen LogP contribution in [0.25, 0.3) is 0 Å². The van der Waals surface area contributed by atoms with Crippen LogP contribution in [0.2, 0.25) is 0 Å². The van der Waals surface area contributed by atoms with Gasteiger partial charge in [-0.25, -0.2) is 8.42 Å². The number of carbonyl (C=O) groups excluding carboxylic acids is 1. The molecule has 19 heavy (non-hydrogen) atoms. The predicted molar refractivity (Wildman–Crippen MR) is 75.1 cm³/mol. The van der Waals surface area contributed by atoms with Crippen molar-refractivity contribution in [2.75, 3.05) is 19.3 Å². The van der Waals surface area contributed by atoms with Crippen molar-refractivity contribution in [2.45, 2.75) is 25.5 Å². The summed E-state index contributed by atoms with van der Waals surface area (Å²) in [7, 11) is -3.06. The van der Waals surface area contributed by atoms with Crippen molar-refractivity contribution in [2.24, 2.45) is 0 Å². The highest BCUT2D eigenvalue weighted by Crippen LogP contribution is 2.19. The van der Waals surface area contributed by atoms with E-state index in [-0.39, 0.29) is 5.91 Å². The fraction of sp³-hybridized carbons (Fsp3) is 0.500. The molecule has 1 heterocycles. The lowest BCUT2D eigenvalue weighted by Gasteiger charge is -2.17. The van der Waals surface area contributed by atoms with Crippen LogP contribution in [0.1, 0.15) is 27.9 Å². The molecule has 4 nitrogen and oxygen atoms in total. The molecular weight excluding hydrogens is 262 g/mol. The highest BCUT2D eigenvalue weighted by atomic mass is 32.2. The minimum atomic E-state index is -3.06. The quantitative estimate of drug-likeness (QED) is 0.826. The largest absolute Gasteiger partial charge is 0.337 e. The van der Waals surface area contributed by atoms with E-state index < -0.39 is 15.1 Å². The van der Waals surface area contributed by atoms with Gasteiger partial charge in [-0.1, -0.05) is 17.2 Å². The van der Waals surface area contributed by atoms with Gasteiger partial charge in [0.25, 0.3) is 5.91 Å². The van der Waals surface area contributed by atoms with Crippen LogP contribution in [0.3, 0.4) is 0 Å². The van der Waals surface area contributed by atoms with Crippen LogP contribution in [-0.2, 0) is 9.84 Å². The maximum absolute atomic E-state index is 12.4. The maximum Gasteiger partial charge on any atom is 0.253 e. The Hall–Kier alpha value is -1.36. The standard InChI is InChI=1S/C14H19NO3S/c1-10-6-11(2)8-12(7-10)14(16)15-5-4-13(9-15)19(3,17)18/h6-8,13H,4-5,9H2,1-3H3. The number of aryl methyl sites for hydroxylation is 2. The van der Waals surface area contributed by atoms with E-state index in [4.69, 9.17) is 0 Å². The van der Waals surface area contributed by atoms with Gasteiger partial charge in [0.15, 0.2) is 9.84 Å². The van der Waals surface area contributed by atoms with Gasteiger partial charge in [0.1, 0.15) is 0 Å². The lowest BCUT2D eigenvalue weighted by Crippen LogP contribution is -2.31. The molecule has 0 N–H and O–H groups in total. The number of benzene rings is 1. The Morgan fingerprint density at radius 2 is 1.79 bits per heavy atom. The van der Waals surface area contributed by atoms with Gasteiger partial charge in [-0.2, -0.15) is 0 Å². The highest BCUT2D eigenvalue weighted by Gasteiger charge is 2.32. The number of nitrogens with zero attached hydrogens (tertiary/aromatic N) is 1. The number of carbonyl (C=O) groups is 1. The topological polar surface area (TPSA) is 54.5 Å². The lowest BCUT2D eigenvalue weighted by atomic mass is 10.1. The summed E-state index contributed by atoms with van der Waals surface area (Å²) < 4.78 is 23.0. The van der Waals surface area contributed by atoms with E-state index in [0.29, 0.717) is 25.1 Å². The first-order chi connectivity index (χ1) is 8.77. The smallest absolute Gasteiger partial charge is 0.253 e. The second-order valence-electron chi connectivity index (χ2n) is 5.37. The second-order valence-corrected chi connectivity index (χ2v) is 7.69. The summed E-state index contributed by atoms with van der Waals surface area (Å²) in [4.78, 5) is 14.0. The van der Waals surface area contributed by atoms with Gasteiger partial charge in [0.05, 0.1) is 5.25 Å². The molecule has 1 unspecified atom stereocenters. The molecule has 1 saturated heterocycles. The summed E-state index contributed by atoms with van der Waals surface area (Å²) in [5, 5.41) is -0.414. The molecule has 1 amide bonds. The number of likely N-dealkylation sites (tertiary alicyclic amines) is 1. The Morgan fingerprint density at radius 1 is 1.21 bits per heavy atom. The van der Waals surface area contributed by atoms with Crippen LogP contribution < -0.4 is 0 Å². The molecule has 104 valence electrons. The molecule has 0 aliphatic carbocycles. The van der Waals surface area contributed by atoms with Crippen molar-refractivity contribution in [1.29, 1.82) is 0 Å². The summed E-state index contributed by atoms with van der Waals surface area (Å²) in [5.41, 5.74) is 2.73. The third kappa shape index (κ3) is 3.15. The molecule has 1 aromatic carbocycles. The Labute approximate surface area is 114 Å². The molecule has 0 spiro atoms. The summed E-state index contributed by atoms with van der Waals surface area (Å²) in [5.74, 6) is -0.0713. The molecule has 1 aliphatic rings. The Kier molecular flexibility index (Phi) is 3.67. The molecule has 1 atom stereocenters. The summed E-state index contributed by atoms with van der Waals surface area (Å²) >= 11 is 0. The Bertz CT molecular complexity index is 587. The van der Waals surface area contributed by atoms with E-state index in [0.717, 1.165) is 11.1 Å². The van der Waals surface area contributed by atoms with Gasteiger partial charge in [-0.3, -0.25) is 4.79 Å². The molecular formula is C14H19NO3S. The van der Waals surface area contributed by atoms with Gasteiger partial charge in [0.2, 0.25) is 0 Å². The van der Waals surface area contributed by atoms with E-state index >= 15 is 0 Å². The van der Waals surface area contributed by atoms with Gasteiger partial charge >= 0.3 is 0 Å². The highest BCUT2D eigenvalue weighted by molar-refractivity contribution is 7.91. The number of sulfone groups is 1. The minimum absolute atomic E-state index is 0.0713. The number of amides is 1. The number of hydrogen-bond donors (Lipinski definition) is 0. The first kappa shape index (κ1) is 14.1. The van der Waals surface area contributed by atoms with Crippen LogP contribution in [0.15, 0.2) is 18.2 Å². The first-order valence-electron chi connectivity index (χ1n) is 6.34. The van der Waals surface area contributed by atoms with E-state index in [1.54, 1.807) is 4.90 Å². The minimum Gasteiger partial charge on any atom is -0.337 e. The van der Waals surface area contributed by atoms with Gasteiger partial charge in [0, 0.05) is 24.9 Å². The molecule has 0 aromatic heterocycles. The number of hydrogen-bond acceptors (Lipinski definition) is 3. The fourth-order valence-corrected chi connectivity index (χ4v) is 3.53. The Morgan fingerprint density at radius 3 is 2.26 bits per heavy atom.